The number of piperazine rings is 1. The van der Waals surface area contributed by atoms with Crippen molar-refractivity contribution < 1.29 is 14.3 Å². The largest absolute Gasteiger partial charge is 0.454 e. The number of rotatable bonds is 5. The Morgan fingerprint density at radius 2 is 1.97 bits per heavy atom. The molecule has 1 aromatic carbocycles. The van der Waals surface area contributed by atoms with Crippen LogP contribution < -0.4 is 9.47 Å². The van der Waals surface area contributed by atoms with Gasteiger partial charge in [-0.2, -0.15) is 0 Å². The summed E-state index contributed by atoms with van der Waals surface area (Å²) in [5.41, 5.74) is 1.25. The summed E-state index contributed by atoms with van der Waals surface area (Å²) in [6, 6.07) is 6.64. The number of amides is 1. The number of fused-ring (bicyclic) bond motifs is 1. The number of carbonyl (C=O) groups excluding carboxylic acids is 1. The van der Waals surface area contributed by atoms with E-state index in [1.165, 1.54) is 16.6 Å². The van der Waals surface area contributed by atoms with Gasteiger partial charge in [0.25, 0.3) is 0 Å². The smallest absolute Gasteiger partial charge is 0.244 e. The molecule has 0 spiro atoms. The zero-order valence-corrected chi connectivity index (χ0v) is 17.0. The Kier molecular flexibility index (Phi) is 5.50. The SMILES string of the molecule is O=C(Cn1cnnn1)N1CCC[C@H](N2CCN(Cc3ccc4c(c3)OCO4)CC2)C1. The number of nitrogens with zero attached hydrogens (tertiary/aromatic N) is 7. The third kappa shape index (κ3) is 4.24. The van der Waals surface area contributed by atoms with E-state index in [4.69, 9.17) is 9.47 Å². The van der Waals surface area contributed by atoms with Crippen molar-refractivity contribution in [1.29, 1.82) is 0 Å². The average Bonchev–Trinajstić information content (AvgIpc) is 3.46. The van der Waals surface area contributed by atoms with E-state index in [2.05, 4.69) is 37.5 Å². The molecule has 30 heavy (non-hydrogen) atoms. The molecule has 5 rings (SSSR count). The molecule has 1 aromatic heterocycles. The Balaban J connectivity index is 1.11. The molecule has 1 amide bonds. The number of benzene rings is 1. The van der Waals surface area contributed by atoms with E-state index in [-0.39, 0.29) is 12.5 Å². The topological polar surface area (TPSA) is 88.9 Å². The molecule has 0 bridgehead atoms. The Hall–Kier alpha value is -2.72. The maximum Gasteiger partial charge on any atom is 0.244 e. The number of ether oxygens (including phenoxy) is 2. The molecule has 10 heteroatoms. The summed E-state index contributed by atoms with van der Waals surface area (Å²) < 4.78 is 12.4. The van der Waals surface area contributed by atoms with Gasteiger partial charge in [0.2, 0.25) is 12.7 Å². The summed E-state index contributed by atoms with van der Waals surface area (Å²) in [5, 5.41) is 11.0. The summed E-state index contributed by atoms with van der Waals surface area (Å²) in [4.78, 5) is 19.6. The van der Waals surface area contributed by atoms with Crippen LogP contribution in [0.25, 0.3) is 0 Å². The van der Waals surface area contributed by atoms with Gasteiger partial charge in [-0.25, -0.2) is 4.68 Å². The Labute approximate surface area is 175 Å². The normalized spacial score (nSPS) is 22.4. The molecular formula is C20H27N7O3. The molecule has 0 saturated carbocycles. The van der Waals surface area contributed by atoms with Gasteiger partial charge in [-0.3, -0.25) is 14.6 Å². The van der Waals surface area contributed by atoms with Gasteiger partial charge in [-0.15, -0.1) is 5.10 Å². The standard InChI is InChI=1S/C20H27N7O3/c28-20(13-27-14-21-22-23-27)26-5-1-2-17(12-26)25-8-6-24(7-9-25)11-16-3-4-18-19(10-16)30-15-29-18/h3-4,10,14,17H,1-2,5-9,11-13,15H2/t17-/m0/s1. The first kappa shape index (κ1) is 19.3. The minimum Gasteiger partial charge on any atom is -0.454 e. The highest BCUT2D eigenvalue weighted by Crippen LogP contribution is 2.33. The lowest BCUT2D eigenvalue weighted by atomic mass is 10.0. The van der Waals surface area contributed by atoms with Crippen molar-refractivity contribution in [2.75, 3.05) is 46.1 Å². The molecule has 2 saturated heterocycles. The zero-order chi connectivity index (χ0) is 20.3. The maximum atomic E-state index is 12.6. The van der Waals surface area contributed by atoms with E-state index >= 15 is 0 Å². The highest BCUT2D eigenvalue weighted by molar-refractivity contribution is 5.76. The number of likely N-dealkylation sites (tertiary alicyclic amines) is 1. The van der Waals surface area contributed by atoms with E-state index in [0.717, 1.165) is 70.2 Å². The summed E-state index contributed by atoms with van der Waals surface area (Å²) >= 11 is 0. The molecule has 2 fully saturated rings. The van der Waals surface area contributed by atoms with E-state index in [0.29, 0.717) is 12.8 Å². The number of hydrogen-bond acceptors (Lipinski definition) is 8. The van der Waals surface area contributed by atoms with Gasteiger partial charge in [0, 0.05) is 51.9 Å². The van der Waals surface area contributed by atoms with E-state index in [9.17, 15) is 4.79 Å². The first-order chi connectivity index (χ1) is 14.7. The van der Waals surface area contributed by atoms with Crippen molar-refractivity contribution in [2.24, 2.45) is 0 Å². The molecule has 4 heterocycles. The monoisotopic (exact) mass is 413 g/mol. The maximum absolute atomic E-state index is 12.6. The number of hydrogen-bond donors (Lipinski definition) is 0. The van der Waals surface area contributed by atoms with E-state index in [1.54, 1.807) is 0 Å². The predicted octanol–water partition coefficient (Wildman–Crippen LogP) is 0.211. The van der Waals surface area contributed by atoms with Crippen molar-refractivity contribution in [3.63, 3.8) is 0 Å². The summed E-state index contributed by atoms with van der Waals surface area (Å²) in [6.07, 6.45) is 3.68. The molecule has 1 atom stereocenters. The molecular weight excluding hydrogens is 386 g/mol. The van der Waals surface area contributed by atoms with Crippen molar-refractivity contribution in [1.82, 2.24) is 34.9 Å². The fraction of sp³-hybridized carbons (Fsp3) is 0.600. The second-order valence-corrected chi connectivity index (χ2v) is 8.14. The second kappa shape index (κ2) is 8.57. The third-order valence-electron chi connectivity index (χ3n) is 6.20. The molecule has 3 aliphatic heterocycles. The first-order valence-electron chi connectivity index (χ1n) is 10.6. The van der Waals surface area contributed by atoms with E-state index < -0.39 is 0 Å². The highest BCUT2D eigenvalue weighted by Gasteiger charge is 2.30. The first-order valence-corrected chi connectivity index (χ1v) is 10.6. The van der Waals surface area contributed by atoms with Crippen LogP contribution in [0.2, 0.25) is 0 Å². The third-order valence-corrected chi connectivity index (χ3v) is 6.20. The van der Waals surface area contributed by atoms with Crippen LogP contribution in [0, 0.1) is 0 Å². The van der Waals surface area contributed by atoms with Crippen LogP contribution in [0.4, 0.5) is 0 Å². The minimum absolute atomic E-state index is 0.0912. The van der Waals surface area contributed by atoms with Gasteiger partial charge >= 0.3 is 0 Å². The van der Waals surface area contributed by atoms with Crippen LogP contribution in [0.1, 0.15) is 18.4 Å². The van der Waals surface area contributed by atoms with Gasteiger partial charge in [0.1, 0.15) is 12.9 Å². The lowest BCUT2D eigenvalue weighted by Crippen LogP contribution is -2.55. The van der Waals surface area contributed by atoms with Crippen molar-refractivity contribution in [3.05, 3.63) is 30.1 Å². The van der Waals surface area contributed by atoms with Gasteiger partial charge < -0.3 is 14.4 Å². The Morgan fingerprint density at radius 3 is 2.80 bits per heavy atom. The highest BCUT2D eigenvalue weighted by atomic mass is 16.7. The van der Waals surface area contributed by atoms with Gasteiger partial charge in [0.05, 0.1) is 0 Å². The van der Waals surface area contributed by atoms with Crippen LogP contribution in [-0.2, 0) is 17.9 Å². The van der Waals surface area contributed by atoms with Crippen molar-refractivity contribution in [2.45, 2.75) is 32.0 Å². The second-order valence-electron chi connectivity index (χ2n) is 8.14. The Bertz CT molecular complexity index is 867. The van der Waals surface area contributed by atoms with Gasteiger partial charge in [-0.05, 0) is 41.0 Å². The molecule has 3 aliphatic rings. The van der Waals surface area contributed by atoms with Crippen molar-refractivity contribution >= 4 is 5.91 Å². The summed E-state index contributed by atoms with van der Waals surface area (Å²) in [6.45, 7) is 7.19. The summed E-state index contributed by atoms with van der Waals surface area (Å²) in [5.74, 6) is 1.77. The summed E-state index contributed by atoms with van der Waals surface area (Å²) in [7, 11) is 0. The fourth-order valence-electron chi connectivity index (χ4n) is 4.55. The van der Waals surface area contributed by atoms with Crippen LogP contribution in [0.5, 0.6) is 11.5 Å². The number of piperidine rings is 1. The lowest BCUT2D eigenvalue weighted by molar-refractivity contribution is -0.134. The van der Waals surface area contributed by atoms with Crippen LogP contribution >= 0.6 is 0 Å². The zero-order valence-electron chi connectivity index (χ0n) is 17.0. The molecule has 160 valence electrons. The quantitative estimate of drug-likeness (QED) is 0.688. The number of tetrazole rings is 1. The van der Waals surface area contributed by atoms with Crippen LogP contribution in [-0.4, -0.2) is 92.9 Å². The van der Waals surface area contributed by atoms with E-state index in [1.807, 2.05) is 11.0 Å². The molecule has 10 nitrogen and oxygen atoms in total. The number of aromatic nitrogens is 4. The number of carbonyl (C=O) groups is 1. The predicted molar refractivity (Wildman–Crippen MR) is 107 cm³/mol. The fourth-order valence-corrected chi connectivity index (χ4v) is 4.55. The average molecular weight is 413 g/mol. The van der Waals surface area contributed by atoms with Crippen LogP contribution in [0.15, 0.2) is 24.5 Å². The molecule has 0 radical (unpaired) electrons. The Morgan fingerprint density at radius 1 is 1.10 bits per heavy atom. The van der Waals surface area contributed by atoms with Gasteiger partial charge in [-0.1, -0.05) is 6.07 Å². The molecule has 0 N–H and O–H groups in total. The van der Waals surface area contributed by atoms with Crippen LogP contribution in [0.3, 0.4) is 0 Å². The van der Waals surface area contributed by atoms with Crippen molar-refractivity contribution in [3.8, 4) is 11.5 Å². The lowest BCUT2D eigenvalue weighted by Gasteiger charge is -2.43. The molecule has 2 aromatic rings. The molecule has 0 aliphatic carbocycles. The minimum atomic E-state index is 0.0912. The van der Waals surface area contributed by atoms with Gasteiger partial charge in [0.15, 0.2) is 11.5 Å². The molecule has 0 unspecified atom stereocenters.